The van der Waals surface area contributed by atoms with Crippen LogP contribution in [0.2, 0.25) is 0 Å². The zero-order chi connectivity index (χ0) is 13.1. The van der Waals surface area contributed by atoms with Gasteiger partial charge in [0, 0.05) is 16.3 Å². The Kier molecular flexibility index (Phi) is 3.53. The number of hydrogen-bond acceptors (Lipinski definition) is 2. The van der Waals surface area contributed by atoms with Gasteiger partial charge in [-0.3, -0.25) is 0 Å². The minimum Gasteiger partial charge on any atom is -0.326 e. The van der Waals surface area contributed by atoms with E-state index >= 15 is 0 Å². The number of benzene rings is 3. The lowest BCUT2D eigenvalue weighted by molar-refractivity contribution is 1.08. The van der Waals surface area contributed by atoms with E-state index in [9.17, 15) is 0 Å². The summed E-state index contributed by atoms with van der Waals surface area (Å²) in [7, 11) is 0. The predicted molar refractivity (Wildman–Crippen MR) is 82.4 cm³/mol. The molecule has 94 valence electrons. The number of fused-ring (bicyclic) bond motifs is 1. The molecule has 0 amide bonds. The van der Waals surface area contributed by atoms with Crippen LogP contribution in [-0.2, 0) is 6.54 Å². The monoisotopic (exact) mass is 265 g/mol. The van der Waals surface area contributed by atoms with Gasteiger partial charge >= 0.3 is 0 Å². The fraction of sp³-hybridized carbons (Fsp3) is 0.0588. The maximum absolute atomic E-state index is 5.81. The molecule has 2 N–H and O–H groups in total. The van der Waals surface area contributed by atoms with Crippen molar-refractivity contribution in [3.63, 3.8) is 0 Å². The summed E-state index contributed by atoms with van der Waals surface area (Å²) in [5.74, 6) is 0. The van der Waals surface area contributed by atoms with Crippen LogP contribution in [0.5, 0.6) is 0 Å². The summed E-state index contributed by atoms with van der Waals surface area (Å²) in [5, 5.41) is 2.53. The largest absolute Gasteiger partial charge is 0.326 e. The molecule has 3 aromatic rings. The summed E-state index contributed by atoms with van der Waals surface area (Å²) >= 11 is 1.80. The van der Waals surface area contributed by atoms with Gasteiger partial charge in [-0.2, -0.15) is 0 Å². The van der Waals surface area contributed by atoms with Gasteiger partial charge < -0.3 is 5.73 Å². The van der Waals surface area contributed by atoms with E-state index in [2.05, 4.69) is 60.7 Å². The number of rotatable bonds is 3. The van der Waals surface area contributed by atoms with E-state index in [0.29, 0.717) is 6.54 Å². The van der Waals surface area contributed by atoms with Gasteiger partial charge in [0.2, 0.25) is 0 Å². The van der Waals surface area contributed by atoms with Crippen LogP contribution < -0.4 is 5.73 Å². The van der Waals surface area contributed by atoms with Crippen molar-refractivity contribution in [2.75, 3.05) is 0 Å². The van der Waals surface area contributed by atoms with Crippen LogP contribution in [0.4, 0.5) is 0 Å². The maximum atomic E-state index is 5.81. The first-order valence-corrected chi connectivity index (χ1v) is 7.14. The molecule has 0 heterocycles. The minimum absolute atomic E-state index is 0.580. The first kappa shape index (κ1) is 12.3. The van der Waals surface area contributed by atoms with Crippen LogP contribution in [0.25, 0.3) is 10.8 Å². The average Bonchev–Trinajstić information content (AvgIpc) is 2.49. The van der Waals surface area contributed by atoms with Gasteiger partial charge in [0.25, 0.3) is 0 Å². The fourth-order valence-corrected chi connectivity index (χ4v) is 3.19. The summed E-state index contributed by atoms with van der Waals surface area (Å²) < 4.78 is 0. The highest BCUT2D eigenvalue weighted by Gasteiger charge is 2.05. The normalized spacial score (nSPS) is 10.8. The lowest BCUT2D eigenvalue weighted by Crippen LogP contribution is -1.97. The first-order chi connectivity index (χ1) is 9.38. The Morgan fingerprint density at radius 2 is 1.42 bits per heavy atom. The van der Waals surface area contributed by atoms with E-state index < -0.39 is 0 Å². The van der Waals surface area contributed by atoms with Crippen molar-refractivity contribution in [1.29, 1.82) is 0 Å². The van der Waals surface area contributed by atoms with Crippen LogP contribution in [0.3, 0.4) is 0 Å². The molecular weight excluding hydrogens is 250 g/mol. The summed E-state index contributed by atoms with van der Waals surface area (Å²) in [6.07, 6.45) is 0. The van der Waals surface area contributed by atoms with Gasteiger partial charge in [0.1, 0.15) is 0 Å². The summed E-state index contributed by atoms with van der Waals surface area (Å²) in [5.41, 5.74) is 7.01. The van der Waals surface area contributed by atoms with Crippen LogP contribution in [0.15, 0.2) is 76.5 Å². The highest BCUT2D eigenvalue weighted by molar-refractivity contribution is 7.99. The summed E-state index contributed by atoms with van der Waals surface area (Å²) in [6.45, 7) is 0.580. The van der Waals surface area contributed by atoms with Crippen molar-refractivity contribution in [3.8, 4) is 0 Å². The van der Waals surface area contributed by atoms with Gasteiger partial charge in [0.15, 0.2) is 0 Å². The zero-order valence-corrected chi connectivity index (χ0v) is 11.4. The molecule has 3 aromatic carbocycles. The number of hydrogen-bond donors (Lipinski definition) is 1. The van der Waals surface area contributed by atoms with Crippen LogP contribution in [0, 0.1) is 0 Å². The molecule has 0 aromatic heterocycles. The quantitative estimate of drug-likeness (QED) is 0.757. The van der Waals surface area contributed by atoms with Gasteiger partial charge in [-0.1, -0.05) is 60.3 Å². The molecule has 0 aliphatic heterocycles. The van der Waals surface area contributed by atoms with E-state index in [1.54, 1.807) is 11.8 Å². The molecule has 1 nitrogen and oxygen atoms in total. The standard InChI is InChI=1S/C17H15NS/c18-12-13-10-11-17(16-9-5-4-8-15(13)16)19-14-6-2-1-3-7-14/h1-11H,12,18H2. The van der Waals surface area contributed by atoms with Crippen molar-refractivity contribution in [1.82, 2.24) is 0 Å². The average molecular weight is 265 g/mol. The molecular formula is C17H15NS. The molecule has 19 heavy (non-hydrogen) atoms. The highest BCUT2D eigenvalue weighted by Crippen LogP contribution is 2.34. The maximum Gasteiger partial charge on any atom is 0.0201 e. The van der Waals surface area contributed by atoms with Gasteiger partial charge in [0.05, 0.1) is 0 Å². The van der Waals surface area contributed by atoms with Gasteiger partial charge in [-0.05, 0) is 34.5 Å². The number of nitrogens with two attached hydrogens (primary N) is 1. The van der Waals surface area contributed by atoms with Crippen molar-refractivity contribution in [2.24, 2.45) is 5.73 Å². The molecule has 0 aliphatic carbocycles. The van der Waals surface area contributed by atoms with Gasteiger partial charge in [-0.15, -0.1) is 0 Å². The minimum atomic E-state index is 0.580. The lowest BCUT2D eigenvalue weighted by Gasteiger charge is -2.09. The van der Waals surface area contributed by atoms with E-state index in [1.807, 2.05) is 6.07 Å². The molecule has 0 bridgehead atoms. The molecule has 3 rings (SSSR count). The van der Waals surface area contributed by atoms with Crippen molar-refractivity contribution >= 4 is 22.5 Å². The van der Waals surface area contributed by atoms with Crippen LogP contribution >= 0.6 is 11.8 Å². The van der Waals surface area contributed by atoms with Crippen LogP contribution in [-0.4, -0.2) is 0 Å². The second kappa shape index (κ2) is 5.47. The smallest absolute Gasteiger partial charge is 0.0201 e. The molecule has 0 fully saturated rings. The third-order valence-electron chi connectivity index (χ3n) is 3.17. The second-order valence-corrected chi connectivity index (χ2v) is 5.50. The van der Waals surface area contributed by atoms with Crippen molar-refractivity contribution < 1.29 is 0 Å². The fourth-order valence-electron chi connectivity index (χ4n) is 2.22. The predicted octanol–water partition coefficient (Wildman–Crippen LogP) is 4.45. The molecule has 0 spiro atoms. The molecule has 0 atom stereocenters. The Bertz CT molecular complexity index is 692. The summed E-state index contributed by atoms with van der Waals surface area (Å²) in [4.78, 5) is 2.53. The Balaban J connectivity index is 2.10. The highest BCUT2D eigenvalue weighted by atomic mass is 32.2. The summed E-state index contributed by atoms with van der Waals surface area (Å²) in [6, 6.07) is 23.2. The van der Waals surface area contributed by atoms with E-state index in [1.165, 1.54) is 26.1 Å². The Labute approximate surface area is 117 Å². The Morgan fingerprint density at radius 1 is 0.737 bits per heavy atom. The topological polar surface area (TPSA) is 26.0 Å². The SMILES string of the molecule is NCc1ccc(Sc2ccccc2)c2ccccc12. The Morgan fingerprint density at radius 3 is 2.16 bits per heavy atom. The second-order valence-electron chi connectivity index (χ2n) is 4.39. The first-order valence-electron chi connectivity index (χ1n) is 6.32. The zero-order valence-electron chi connectivity index (χ0n) is 10.5. The third-order valence-corrected chi connectivity index (χ3v) is 4.25. The van der Waals surface area contributed by atoms with E-state index in [4.69, 9.17) is 5.73 Å². The van der Waals surface area contributed by atoms with Crippen molar-refractivity contribution in [2.45, 2.75) is 16.3 Å². The molecule has 0 unspecified atom stereocenters. The van der Waals surface area contributed by atoms with E-state index in [-0.39, 0.29) is 0 Å². The molecule has 0 saturated heterocycles. The molecule has 2 heteroatoms. The lowest BCUT2D eigenvalue weighted by atomic mass is 10.0. The third kappa shape index (κ3) is 2.50. The molecule has 0 radical (unpaired) electrons. The van der Waals surface area contributed by atoms with E-state index in [0.717, 1.165) is 0 Å². The molecule has 0 aliphatic rings. The molecule has 0 saturated carbocycles. The van der Waals surface area contributed by atoms with Crippen LogP contribution in [0.1, 0.15) is 5.56 Å². The van der Waals surface area contributed by atoms with Crippen molar-refractivity contribution in [3.05, 3.63) is 72.3 Å². The van der Waals surface area contributed by atoms with Gasteiger partial charge in [-0.25, -0.2) is 0 Å². The Hall–Kier alpha value is -1.77.